The summed E-state index contributed by atoms with van der Waals surface area (Å²) in [6.07, 6.45) is 0.903. The third kappa shape index (κ3) is 3.83. The number of benzene rings is 1. The maximum absolute atomic E-state index is 11.4. The maximum Gasteiger partial charge on any atom is 0.335 e. The summed E-state index contributed by atoms with van der Waals surface area (Å²) in [5, 5.41) is 8.68. The van der Waals surface area contributed by atoms with E-state index in [2.05, 4.69) is 0 Å². The standard InChI is InChI=1S/C11H14O3S/c1-2-7-15(14)8-9-3-5-10(6-4-9)11(12)13/h3-6H,2,7-8H2,1H3,(H,12,13). The van der Waals surface area contributed by atoms with E-state index < -0.39 is 16.8 Å². The smallest absolute Gasteiger partial charge is 0.335 e. The molecule has 0 saturated carbocycles. The molecule has 0 fully saturated rings. The van der Waals surface area contributed by atoms with E-state index in [0.717, 1.165) is 12.0 Å². The molecular formula is C11H14O3S. The van der Waals surface area contributed by atoms with Crippen LogP contribution in [0.1, 0.15) is 29.3 Å². The van der Waals surface area contributed by atoms with Crippen LogP contribution in [0.3, 0.4) is 0 Å². The van der Waals surface area contributed by atoms with E-state index in [9.17, 15) is 9.00 Å². The van der Waals surface area contributed by atoms with E-state index in [0.29, 0.717) is 11.5 Å². The predicted molar refractivity (Wildman–Crippen MR) is 60.4 cm³/mol. The lowest BCUT2D eigenvalue weighted by Crippen LogP contribution is -2.01. The van der Waals surface area contributed by atoms with Gasteiger partial charge in [-0.2, -0.15) is 0 Å². The summed E-state index contributed by atoms with van der Waals surface area (Å²) in [5.41, 5.74) is 1.19. The molecule has 1 atom stereocenters. The number of carbonyl (C=O) groups is 1. The second kappa shape index (κ2) is 5.66. The number of rotatable bonds is 5. The van der Waals surface area contributed by atoms with Gasteiger partial charge in [0.2, 0.25) is 0 Å². The average molecular weight is 226 g/mol. The summed E-state index contributed by atoms with van der Waals surface area (Å²) in [4.78, 5) is 10.6. The minimum atomic E-state index is -0.934. The van der Waals surface area contributed by atoms with Crippen molar-refractivity contribution >= 4 is 16.8 Å². The molecule has 0 bridgehead atoms. The third-order valence-corrected chi connectivity index (χ3v) is 3.48. The van der Waals surface area contributed by atoms with Crippen molar-refractivity contribution in [2.24, 2.45) is 0 Å². The first-order chi connectivity index (χ1) is 7.13. The Morgan fingerprint density at radius 3 is 2.40 bits per heavy atom. The van der Waals surface area contributed by atoms with Gasteiger partial charge in [0.25, 0.3) is 0 Å². The van der Waals surface area contributed by atoms with Gasteiger partial charge in [-0.1, -0.05) is 19.1 Å². The van der Waals surface area contributed by atoms with Gasteiger partial charge in [-0.25, -0.2) is 4.79 Å². The molecule has 0 aliphatic rings. The Balaban J connectivity index is 2.64. The number of aromatic carboxylic acids is 1. The second-order valence-corrected chi connectivity index (χ2v) is 4.87. The number of carboxylic acid groups (broad SMARTS) is 1. The summed E-state index contributed by atoms with van der Waals surface area (Å²) >= 11 is 0. The predicted octanol–water partition coefficient (Wildman–Crippen LogP) is 2.04. The Morgan fingerprint density at radius 1 is 1.33 bits per heavy atom. The SMILES string of the molecule is CCCS(=O)Cc1ccc(C(=O)O)cc1. The highest BCUT2D eigenvalue weighted by Gasteiger charge is 2.03. The second-order valence-electron chi connectivity index (χ2n) is 3.29. The summed E-state index contributed by atoms with van der Waals surface area (Å²) in [6, 6.07) is 6.52. The van der Waals surface area contributed by atoms with Gasteiger partial charge in [0.05, 0.1) is 5.56 Å². The average Bonchev–Trinajstić information content (AvgIpc) is 2.18. The van der Waals surface area contributed by atoms with Crippen LogP contribution in [-0.2, 0) is 16.6 Å². The highest BCUT2D eigenvalue weighted by molar-refractivity contribution is 7.84. The molecule has 0 aliphatic carbocycles. The van der Waals surface area contributed by atoms with Crippen molar-refractivity contribution in [3.8, 4) is 0 Å². The molecule has 1 aromatic rings. The number of carboxylic acids is 1. The summed E-state index contributed by atoms with van der Waals surface area (Å²) < 4.78 is 11.4. The Bertz CT molecular complexity index is 357. The molecule has 1 rings (SSSR count). The molecule has 82 valence electrons. The van der Waals surface area contributed by atoms with Crippen LogP contribution in [0.4, 0.5) is 0 Å². The van der Waals surface area contributed by atoms with E-state index in [4.69, 9.17) is 5.11 Å². The highest BCUT2D eigenvalue weighted by atomic mass is 32.2. The first kappa shape index (κ1) is 11.9. The molecule has 15 heavy (non-hydrogen) atoms. The number of hydrogen-bond acceptors (Lipinski definition) is 2. The fourth-order valence-corrected chi connectivity index (χ4v) is 2.39. The van der Waals surface area contributed by atoms with Crippen molar-refractivity contribution in [3.05, 3.63) is 35.4 Å². The van der Waals surface area contributed by atoms with E-state index in [1.165, 1.54) is 0 Å². The molecular weight excluding hydrogens is 212 g/mol. The normalized spacial score (nSPS) is 12.3. The Kier molecular flexibility index (Phi) is 4.49. The number of hydrogen-bond donors (Lipinski definition) is 1. The Hall–Kier alpha value is -1.16. The van der Waals surface area contributed by atoms with Crippen molar-refractivity contribution in [1.82, 2.24) is 0 Å². The van der Waals surface area contributed by atoms with Gasteiger partial charge in [0.1, 0.15) is 0 Å². The quantitative estimate of drug-likeness (QED) is 0.836. The van der Waals surface area contributed by atoms with Crippen molar-refractivity contribution in [2.75, 3.05) is 5.75 Å². The van der Waals surface area contributed by atoms with Crippen molar-refractivity contribution < 1.29 is 14.1 Å². The van der Waals surface area contributed by atoms with Crippen LogP contribution in [0, 0.1) is 0 Å². The fraction of sp³-hybridized carbons (Fsp3) is 0.364. The van der Waals surface area contributed by atoms with Crippen LogP contribution in [0.25, 0.3) is 0 Å². The zero-order valence-electron chi connectivity index (χ0n) is 8.60. The van der Waals surface area contributed by atoms with Crippen LogP contribution < -0.4 is 0 Å². The lowest BCUT2D eigenvalue weighted by molar-refractivity contribution is 0.0697. The van der Waals surface area contributed by atoms with E-state index >= 15 is 0 Å². The third-order valence-electron chi connectivity index (χ3n) is 1.96. The molecule has 1 N–H and O–H groups in total. The molecule has 3 nitrogen and oxygen atoms in total. The van der Waals surface area contributed by atoms with Gasteiger partial charge in [-0.15, -0.1) is 0 Å². The zero-order chi connectivity index (χ0) is 11.3. The molecule has 0 aliphatic heterocycles. The van der Waals surface area contributed by atoms with Gasteiger partial charge in [0, 0.05) is 22.3 Å². The monoisotopic (exact) mass is 226 g/mol. The fourth-order valence-electron chi connectivity index (χ4n) is 1.23. The lowest BCUT2D eigenvalue weighted by Gasteiger charge is -2.01. The van der Waals surface area contributed by atoms with Crippen LogP contribution in [0.15, 0.2) is 24.3 Å². The topological polar surface area (TPSA) is 54.4 Å². The first-order valence-corrected chi connectivity index (χ1v) is 6.29. The van der Waals surface area contributed by atoms with Gasteiger partial charge >= 0.3 is 5.97 Å². The van der Waals surface area contributed by atoms with Crippen molar-refractivity contribution in [3.63, 3.8) is 0 Å². The molecule has 0 heterocycles. The molecule has 0 amide bonds. The van der Waals surface area contributed by atoms with Crippen LogP contribution in [-0.4, -0.2) is 21.0 Å². The molecule has 0 spiro atoms. The summed E-state index contributed by atoms with van der Waals surface area (Å²) in [7, 11) is -0.836. The lowest BCUT2D eigenvalue weighted by atomic mass is 10.1. The molecule has 1 aromatic carbocycles. The minimum Gasteiger partial charge on any atom is -0.478 e. The molecule has 0 aromatic heterocycles. The largest absolute Gasteiger partial charge is 0.478 e. The van der Waals surface area contributed by atoms with E-state index in [-0.39, 0.29) is 5.56 Å². The summed E-state index contributed by atoms with van der Waals surface area (Å²) in [6.45, 7) is 1.99. The van der Waals surface area contributed by atoms with Gasteiger partial charge < -0.3 is 5.11 Å². The van der Waals surface area contributed by atoms with Gasteiger partial charge in [0.15, 0.2) is 0 Å². The van der Waals surface area contributed by atoms with E-state index in [1.807, 2.05) is 6.92 Å². The maximum atomic E-state index is 11.4. The summed E-state index contributed by atoms with van der Waals surface area (Å²) in [5.74, 6) is 0.269. The minimum absolute atomic E-state index is 0.264. The highest BCUT2D eigenvalue weighted by Crippen LogP contribution is 2.07. The van der Waals surface area contributed by atoms with Crippen LogP contribution >= 0.6 is 0 Å². The van der Waals surface area contributed by atoms with Crippen LogP contribution in [0.2, 0.25) is 0 Å². The zero-order valence-corrected chi connectivity index (χ0v) is 9.42. The van der Waals surface area contributed by atoms with Crippen molar-refractivity contribution in [1.29, 1.82) is 0 Å². The van der Waals surface area contributed by atoms with Crippen LogP contribution in [0.5, 0.6) is 0 Å². The Labute approximate surface area is 91.6 Å². The Morgan fingerprint density at radius 2 is 1.93 bits per heavy atom. The van der Waals surface area contributed by atoms with Gasteiger partial charge in [-0.05, 0) is 24.1 Å². The van der Waals surface area contributed by atoms with E-state index in [1.54, 1.807) is 24.3 Å². The molecule has 1 unspecified atom stereocenters. The van der Waals surface area contributed by atoms with Gasteiger partial charge in [-0.3, -0.25) is 4.21 Å². The van der Waals surface area contributed by atoms with Crippen molar-refractivity contribution in [2.45, 2.75) is 19.1 Å². The molecule has 0 radical (unpaired) electrons. The first-order valence-electron chi connectivity index (χ1n) is 4.80. The molecule has 0 saturated heterocycles. The molecule has 4 heteroatoms.